The van der Waals surface area contributed by atoms with Crippen LogP contribution < -0.4 is 15.5 Å². The van der Waals surface area contributed by atoms with Crippen molar-refractivity contribution in [3.05, 3.63) is 100 Å². The molecule has 7 amide bonds. The zero-order valence-electron chi connectivity index (χ0n) is 39.9. The molecule has 3 atom stereocenters. The molecule has 4 N–H and O–H groups in total. The number of rotatable bonds is 14. The highest BCUT2D eigenvalue weighted by atomic mass is 32.1. The van der Waals surface area contributed by atoms with Gasteiger partial charge in [0.15, 0.2) is 0 Å². The smallest absolute Gasteiger partial charge is 0.399 e. The Kier molecular flexibility index (Phi) is 14.6. The van der Waals surface area contributed by atoms with E-state index in [-0.39, 0.29) is 66.9 Å². The first-order valence-corrected chi connectivity index (χ1v) is 25.8. The number of benzene rings is 3. The third kappa shape index (κ3) is 10.6. The van der Waals surface area contributed by atoms with Gasteiger partial charge < -0.3 is 39.1 Å². The maximum atomic E-state index is 14.8. The molecule has 72 heavy (non-hydrogen) atoms. The summed E-state index contributed by atoms with van der Waals surface area (Å²) in [5, 5.41) is 5.99. The van der Waals surface area contributed by atoms with Crippen LogP contribution in [0.1, 0.15) is 102 Å². The number of likely N-dealkylation sites (tertiary alicyclic amines) is 1. The van der Waals surface area contributed by atoms with Crippen LogP contribution >= 0.6 is 18.9 Å². The molecule has 21 heteroatoms. The average molecular weight is 1030 g/mol. The molecule has 3 aliphatic heterocycles. The molecule has 5 heterocycles. The van der Waals surface area contributed by atoms with Crippen LogP contribution in [0.2, 0.25) is 0 Å². The topological polar surface area (TPSA) is 227 Å². The van der Waals surface area contributed by atoms with Gasteiger partial charge in [-0.05, 0) is 96.6 Å². The highest BCUT2D eigenvalue weighted by Crippen LogP contribution is 2.59. The number of nitrogens with zero attached hydrogens (tertiary/aromatic N) is 4. The standard InChI is InChI=1S/C51H53F2N6O11PS/c1-50(2,3)44(55-46(63)41-28-32-26-33(14-18-40(32)72-41)51(52,53)71(67,68)69)49(66)58-23-9-13-38(58)48(65)57(34-15-17-39-31(27-34)21-25-70-39)24-20-43(61)56(4)22-7-5-6-10-30-11-8-12-35-36(30)29-59(47(35)64)37-16-19-42(60)54-45(37)62/h8,11-12,14-15,17-18,21,25-28,37-38,44H,5,7,9,13,16,19-20,22-24,29H2,1-4H3,(H,55,63)(H,54,60,62)(H2,67,68,69)/t37?,38-,44+/m0/s1. The molecular formula is C51H53F2N6O11PS. The average Bonchev–Trinajstić information content (AvgIpc) is 4.16. The van der Waals surface area contributed by atoms with Crippen molar-refractivity contribution in [1.82, 2.24) is 25.3 Å². The second-order valence-electron chi connectivity index (χ2n) is 19.2. The highest BCUT2D eigenvalue weighted by molar-refractivity contribution is 7.52. The number of carbonyl (C=O) groups excluding carboxylic acids is 7. The SMILES string of the molecule is CN(CCCC#Cc1cccc2c1CN(C1CCC(=O)NC1=O)C2=O)C(=O)CCN(C(=O)[C@@H]1CCCN1C(=O)[C@@H](NC(=O)c1cc2cc(C(F)(F)P(=O)(O)O)ccc2s1)C(C)(C)C)c1ccc2occc2c1. The number of alkyl halides is 2. The summed E-state index contributed by atoms with van der Waals surface area (Å²) in [7, 11) is -4.18. The molecule has 3 aromatic carbocycles. The second-order valence-corrected chi connectivity index (χ2v) is 22.0. The third-order valence-corrected chi connectivity index (χ3v) is 15.4. The van der Waals surface area contributed by atoms with Crippen molar-refractivity contribution in [1.29, 1.82) is 0 Å². The van der Waals surface area contributed by atoms with Crippen LogP contribution in [0, 0.1) is 17.3 Å². The Labute approximate surface area is 417 Å². The van der Waals surface area contributed by atoms with Gasteiger partial charge in [-0.3, -0.25) is 43.4 Å². The summed E-state index contributed by atoms with van der Waals surface area (Å²) in [6.45, 7) is 6.00. The van der Waals surface area contributed by atoms with Crippen molar-refractivity contribution < 1.29 is 61.1 Å². The number of halogens is 2. The normalized spacial score (nSPS) is 17.6. The van der Waals surface area contributed by atoms with E-state index in [0.717, 1.165) is 28.9 Å². The molecule has 378 valence electrons. The first-order valence-electron chi connectivity index (χ1n) is 23.4. The number of furan rings is 1. The first-order chi connectivity index (χ1) is 34.0. The number of fused-ring (bicyclic) bond motifs is 3. The number of carbonyl (C=O) groups is 7. The van der Waals surface area contributed by atoms with E-state index < -0.39 is 66.0 Å². The number of anilines is 1. The Bertz CT molecular complexity index is 3130. The predicted octanol–water partition coefficient (Wildman–Crippen LogP) is 6.48. The molecule has 1 unspecified atom stereocenters. The fourth-order valence-corrected chi connectivity index (χ4v) is 10.7. The molecule has 2 fully saturated rings. The summed E-state index contributed by atoms with van der Waals surface area (Å²) in [6.07, 6.45) is 3.62. The number of amides is 7. The van der Waals surface area contributed by atoms with E-state index in [1.807, 2.05) is 6.07 Å². The first kappa shape index (κ1) is 51.6. The predicted molar refractivity (Wildman–Crippen MR) is 263 cm³/mol. The Hall–Kier alpha value is -6.78. The van der Waals surface area contributed by atoms with E-state index in [1.54, 1.807) is 69.1 Å². The van der Waals surface area contributed by atoms with E-state index in [0.29, 0.717) is 64.9 Å². The zero-order valence-corrected chi connectivity index (χ0v) is 41.6. The maximum Gasteiger partial charge on any atom is 0.399 e. The molecule has 17 nitrogen and oxygen atoms in total. The number of hydrogen-bond acceptors (Lipinski definition) is 10. The van der Waals surface area contributed by atoms with Crippen LogP contribution in [0.5, 0.6) is 0 Å². The van der Waals surface area contributed by atoms with Crippen LogP contribution in [0.3, 0.4) is 0 Å². The molecular weight excluding hydrogens is 974 g/mol. The van der Waals surface area contributed by atoms with E-state index in [4.69, 9.17) is 4.42 Å². The van der Waals surface area contributed by atoms with Crippen LogP contribution in [0.25, 0.3) is 21.1 Å². The van der Waals surface area contributed by atoms with Crippen molar-refractivity contribution in [3.63, 3.8) is 0 Å². The number of imide groups is 1. The fraction of sp³-hybridized carbons (Fsp3) is 0.392. The number of piperidine rings is 1. The number of unbranched alkanes of at least 4 members (excludes halogenated alkanes) is 1. The minimum absolute atomic E-state index is 0.0233. The number of nitrogens with one attached hydrogen (secondary N) is 2. The van der Waals surface area contributed by atoms with E-state index in [1.165, 1.54) is 33.1 Å². The summed E-state index contributed by atoms with van der Waals surface area (Å²) in [6, 6.07) is 13.7. The van der Waals surface area contributed by atoms with Crippen molar-refractivity contribution in [3.8, 4) is 11.8 Å². The Morgan fingerprint density at radius 1 is 1.00 bits per heavy atom. The maximum absolute atomic E-state index is 14.8. The minimum atomic E-state index is -5.84. The molecule has 0 radical (unpaired) electrons. The summed E-state index contributed by atoms with van der Waals surface area (Å²) in [5.41, 5.74) is -3.33. The Morgan fingerprint density at radius 3 is 2.51 bits per heavy atom. The summed E-state index contributed by atoms with van der Waals surface area (Å²) >= 11 is 0.952. The van der Waals surface area contributed by atoms with Crippen molar-refractivity contribution in [2.45, 2.75) is 96.1 Å². The Balaban J connectivity index is 0.919. The van der Waals surface area contributed by atoms with Crippen LogP contribution in [-0.2, 0) is 40.7 Å². The van der Waals surface area contributed by atoms with Gasteiger partial charge in [0.1, 0.15) is 23.7 Å². The van der Waals surface area contributed by atoms with Gasteiger partial charge in [-0.15, -0.1) is 11.3 Å². The van der Waals surface area contributed by atoms with Crippen LogP contribution in [-0.4, -0.2) is 111 Å². The molecule has 0 aliphatic carbocycles. The van der Waals surface area contributed by atoms with Crippen molar-refractivity contribution >= 4 is 87.0 Å². The Morgan fingerprint density at radius 2 is 1.78 bits per heavy atom. The minimum Gasteiger partial charge on any atom is -0.464 e. The van der Waals surface area contributed by atoms with E-state index in [2.05, 4.69) is 22.5 Å². The second kappa shape index (κ2) is 20.4. The van der Waals surface area contributed by atoms with Crippen molar-refractivity contribution in [2.24, 2.45) is 5.41 Å². The van der Waals surface area contributed by atoms with Gasteiger partial charge in [-0.2, -0.15) is 8.78 Å². The van der Waals surface area contributed by atoms with Gasteiger partial charge in [-0.1, -0.05) is 44.7 Å². The molecule has 0 saturated carbocycles. The summed E-state index contributed by atoms with van der Waals surface area (Å²) < 4.78 is 46.5. The van der Waals surface area contributed by atoms with Gasteiger partial charge >= 0.3 is 13.3 Å². The van der Waals surface area contributed by atoms with Gasteiger partial charge in [0.25, 0.3) is 11.8 Å². The number of thiophene rings is 1. The lowest BCUT2D eigenvalue weighted by Gasteiger charge is -2.36. The van der Waals surface area contributed by atoms with E-state index in [9.17, 15) is 56.7 Å². The molecule has 8 rings (SSSR count). The van der Waals surface area contributed by atoms with Crippen LogP contribution in [0.15, 0.2) is 77.4 Å². The number of hydrogen-bond donors (Lipinski definition) is 4. The lowest BCUT2D eigenvalue weighted by Crippen LogP contribution is -2.58. The van der Waals surface area contributed by atoms with Crippen LogP contribution in [0.4, 0.5) is 14.5 Å². The summed E-state index contributed by atoms with van der Waals surface area (Å²) in [5.74, 6) is 3.30. The molecule has 2 saturated heterocycles. The molecule has 0 spiro atoms. The zero-order chi connectivity index (χ0) is 51.9. The van der Waals surface area contributed by atoms with Gasteiger partial charge in [0.2, 0.25) is 29.5 Å². The monoisotopic (exact) mass is 1030 g/mol. The van der Waals surface area contributed by atoms with Gasteiger partial charge in [-0.25, -0.2) is 0 Å². The lowest BCUT2D eigenvalue weighted by molar-refractivity contribution is -0.141. The van der Waals surface area contributed by atoms with Crippen molar-refractivity contribution in [2.75, 3.05) is 31.6 Å². The fourth-order valence-electron chi connectivity index (χ4n) is 9.27. The molecule has 5 aromatic rings. The molecule has 0 bridgehead atoms. The third-order valence-electron chi connectivity index (χ3n) is 13.3. The quantitative estimate of drug-likeness (QED) is 0.0407. The largest absolute Gasteiger partial charge is 0.464 e. The molecule has 3 aliphatic rings. The highest BCUT2D eigenvalue weighted by Gasteiger charge is 2.50. The van der Waals surface area contributed by atoms with Gasteiger partial charge in [0.05, 0.1) is 11.1 Å². The van der Waals surface area contributed by atoms with E-state index >= 15 is 0 Å². The van der Waals surface area contributed by atoms with Gasteiger partial charge in [0, 0.05) is 85.0 Å². The molecule has 2 aromatic heterocycles. The lowest BCUT2D eigenvalue weighted by atomic mass is 9.85. The summed E-state index contributed by atoms with van der Waals surface area (Å²) in [4.78, 5) is 119.